The summed E-state index contributed by atoms with van der Waals surface area (Å²) in [5.74, 6) is 0.844. The lowest BCUT2D eigenvalue weighted by molar-refractivity contribution is 0.273. The summed E-state index contributed by atoms with van der Waals surface area (Å²) in [5.41, 5.74) is 1.56. The first kappa shape index (κ1) is 17.6. The molecule has 1 fully saturated rings. The van der Waals surface area contributed by atoms with E-state index >= 15 is 0 Å². The van der Waals surface area contributed by atoms with E-state index in [0.29, 0.717) is 40.5 Å². The number of phenols is 1. The van der Waals surface area contributed by atoms with Crippen LogP contribution in [0.4, 0.5) is 0 Å². The highest BCUT2D eigenvalue weighted by Gasteiger charge is 2.13. The number of piperazine rings is 1. The van der Waals surface area contributed by atoms with Crippen molar-refractivity contribution in [1.29, 1.82) is 0 Å². The third-order valence-corrected chi connectivity index (χ3v) is 4.78. The SMILES string of the molecule is O=c1c(-c2ccc(O)cc2)coc2cc(OCCC3CNCCN3)ccc12. The summed E-state index contributed by atoms with van der Waals surface area (Å²) < 4.78 is 11.5. The maximum atomic E-state index is 12.8. The highest BCUT2D eigenvalue weighted by molar-refractivity contribution is 5.82. The van der Waals surface area contributed by atoms with Gasteiger partial charge in [0.25, 0.3) is 0 Å². The summed E-state index contributed by atoms with van der Waals surface area (Å²) in [4.78, 5) is 12.8. The van der Waals surface area contributed by atoms with E-state index in [1.807, 2.05) is 0 Å². The lowest BCUT2D eigenvalue weighted by Gasteiger charge is -2.24. The van der Waals surface area contributed by atoms with E-state index in [1.165, 1.54) is 6.26 Å². The van der Waals surface area contributed by atoms with Gasteiger partial charge in [0.15, 0.2) is 5.43 Å². The van der Waals surface area contributed by atoms with E-state index in [1.54, 1.807) is 42.5 Å². The molecule has 0 spiro atoms. The zero-order valence-corrected chi connectivity index (χ0v) is 14.9. The van der Waals surface area contributed by atoms with Crippen LogP contribution in [0.3, 0.4) is 0 Å². The van der Waals surface area contributed by atoms with E-state index < -0.39 is 0 Å². The van der Waals surface area contributed by atoms with Crippen molar-refractivity contribution in [3.05, 3.63) is 59.0 Å². The molecule has 0 bridgehead atoms. The van der Waals surface area contributed by atoms with E-state index in [2.05, 4.69) is 10.6 Å². The monoisotopic (exact) mass is 366 g/mol. The molecule has 0 saturated carbocycles. The molecule has 1 aliphatic heterocycles. The molecule has 27 heavy (non-hydrogen) atoms. The van der Waals surface area contributed by atoms with Crippen LogP contribution in [0.15, 0.2) is 57.9 Å². The fourth-order valence-corrected chi connectivity index (χ4v) is 3.27. The average molecular weight is 366 g/mol. The first-order valence-electron chi connectivity index (χ1n) is 9.12. The quantitative estimate of drug-likeness (QED) is 0.643. The second kappa shape index (κ2) is 7.82. The number of nitrogens with one attached hydrogen (secondary N) is 2. The zero-order valence-electron chi connectivity index (χ0n) is 14.9. The van der Waals surface area contributed by atoms with E-state index in [-0.39, 0.29) is 11.2 Å². The van der Waals surface area contributed by atoms with Crippen LogP contribution in [-0.2, 0) is 0 Å². The van der Waals surface area contributed by atoms with E-state index in [0.717, 1.165) is 26.1 Å². The van der Waals surface area contributed by atoms with Gasteiger partial charge in [0.2, 0.25) is 0 Å². The number of fused-ring (bicyclic) bond motifs is 1. The Hall–Kier alpha value is -2.83. The zero-order chi connectivity index (χ0) is 18.6. The van der Waals surface area contributed by atoms with E-state index in [4.69, 9.17) is 9.15 Å². The van der Waals surface area contributed by atoms with Crippen molar-refractivity contribution in [2.75, 3.05) is 26.2 Å². The van der Waals surface area contributed by atoms with Crippen molar-refractivity contribution < 1.29 is 14.3 Å². The largest absolute Gasteiger partial charge is 0.508 e. The average Bonchev–Trinajstić information content (AvgIpc) is 2.70. The first-order valence-corrected chi connectivity index (χ1v) is 9.12. The minimum Gasteiger partial charge on any atom is -0.508 e. The Morgan fingerprint density at radius 1 is 1.15 bits per heavy atom. The van der Waals surface area contributed by atoms with Crippen LogP contribution >= 0.6 is 0 Å². The molecule has 1 aromatic heterocycles. The number of ether oxygens (including phenoxy) is 1. The number of benzene rings is 2. The van der Waals surface area contributed by atoms with Gasteiger partial charge in [-0.1, -0.05) is 12.1 Å². The smallest absolute Gasteiger partial charge is 0.200 e. The summed E-state index contributed by atoms with van der Waals surface area (Å²) in [5, 5.41) is 16.7. The Labute approximate surface area is 156 Å². The second-order valence-electron chi connectivity index (χ2n) is 6.68. The second-order valence-corrected chi connectivity index (χ2v) is 6.68. The molecule has 0 aliphatic carbocycles. The van der Waals surface area contributed by atoms with Gasteiger partial charge in [-0.05, 0) is 36.2 Å². The summed E-state index contributed by atoms with van der Waals surface area (Å²) >= 11 is 0. The summed E-state index contributed by atoms with van der Waals surface area (Å²) in [7, 11) is 0. The Kier molecular flexibility index (Phi) is 5.09. The minimum absolute atomic E-state index is 0.106. The number of phenolic OH excluding ortho intramolecular Hbond substituents is 1. The van der Waals surface area contributed by atoms with Gasteiger partial charge in [-0.25, -0.2) is 0 Å². The molecule has 4 rings (SSSR count). The molecule has 3 N–H and O–H groups in total. The molecule has 0 radical (unpaired) electrons. The molecule has 1 unspecified atom stereocenters. The molecular weight excluding hydrogens is 344 g/mol. The highest BCUT2D eigenvalue weighted by Crippen LogP contribution is 2.24. The molecule has 6 nitrogen and oxygen atoms in total. The molecule has 1 aliphatic rings. The van der Waals surface area contributed by atoms with Gasteiger partial charge < -0.3 is 24.9 Å². The van der Waals surface area contributed by atoms with Crippen molar-refractivity contribution >= 4 is 11.0 Å². The van der Waals surface area contributed by atoms with Gasteiger partial charge in [-0.2, -0.15) is 0 Å². The van der Waals surface area contributed by atoms with Crippen LogP contribution in [0.5, 0.6) is 11.5 Å². The predicted molar refractivity (Wildman–Crippen MR) is 104 cm³/mol. The summed E-state index contributed by atoms with van der Waals surface area (Å²) in [6, 6.07) is 12.2. The van der Waals surface area contributed by atoms with Crippen LogP contribution in [0.1, 0.15) is 6.42 Å². The molecule has 0 amide bonds. The van der Waals surface area contributed by atoms with Crippen LogP contribution in [-0.4, -0.2) is 37.4 Å². The van der Waals surface area contributed by atoms with Crippen molar-refractivity contribution in [3.63, 3.8) is 0 Å². The first-order chi connectivity index (χ1) is 13.2. The number of hydrogen-bond donors (Lipinski definition) is 3. The van der Waals surface area contributed by atoms with Crippen molar-refractivity contribution in [2.24, 2.45) is 0 Å². The number of hydrogen-bond acceptors (Lipinski definition) is 6. The van der Waals surface area contributed by atoms with Gasteiger partial charge >= 0.3 is 0 Å². The topological polar surface area (TPSA) is 83.7 Å². The van der Waals surface area contributed by atoms with Crippen molar-refractivity contribution in [3.8, 4) is 22.6 Å². The molecule has 2 aromatic carbocycles. The highest BCUT2D eigenvalue weighted by atomic mass is 16.5. The molecular formula is C21H22N2O4. The third-order valence-electron chi connectivity index (χ3n) is 4.78. The molecule has 1 atom stereocenters. The Morgan fingerprint density at radius 3 is 2.78 bits per heavy atom. The van der Waals surface area contributed by atoms with Gasteiger partial charge in [-0.3, -0.25) is 4.79 Å². The fraction of sp³-hybridized carbons (Fsp3) is 0.286. The summed E-state index contributed by atoms with van der Waals surface area (Å²) in [6.45, 7) is 3.54. The van der Waals surface area contributed by atoms with Gasteiger partial charge in [-0.15, -0.1) is 0 Å². The maximum absolute atomic E-state index is 12.8. The number of aromatic hydroxyl groups is 1. The predicted octanol–water partition coefficient (Wildman–Crippen LogP) is 2.50. The van der Waals surface area contributed by atoms with Gasteiger partial charge in [0.1, 0.15) is 23.3 Å². The Morgan fingerprint density at radius 2 is 2.00 bits per heavy atom. The van der Waals surface area contributed by atoms with Crippen LogP contribution in [0.25, 0.3) is 22.1 Å². The van der Waals surface area contributed by atoms with Crippen molar-refractivity contribution in [1.82, 2.24) is 10.6 Å². The lowest BCUT2D eigenvalue weighted by Crippen LogP contribution is -2.48. The normalized spacial score (nSPS) is 17.1. The molecule has 6 heteroatoms. The number of rotatable bonds is 5. The van der Waals surface area contributed by atoms with Gasteiger partial charge in [0.05, 0.1) is 17.6 Å². The van der Waals surface area contributed by atoms with Crippen LogP contribution in [0, 0.1) is 0 Å². The molecule has 140 valence electrons. The van der Waals surface area contributed by atoms with E-state index in [9.17, 15) is 9.90 Å². The lowest BCUT2D eigenvalue weighted by atomic mass is 10.1. The fourth-order valence-electron chi connectivity index (χ4n) is 3.27. The van der Waals surface area contributed by atoms with Gasteiger partial charge in [0, 0.05) is 31.7 Å². The standard InChI is InChI=1S/C21H22N2O4/c24-16-3-1-14(2-4-16)19-13-27-20-11-17(5-6-18(20)21(19)25)26-10-7-15-12-22-8-9-23-15/h1-6,11,13,15,22-24H,7-10,12H2. The minimum atomic E-state index is -0.106. The molecule has 3 aromatic rings. The summed E-state index contributed by atoms with van der Waals surface area (Å²) in [6.07, 6.45) is 2.37. The Bertz CT molecular complexity index is 976. The molecule has 2 heterocycles. The van der Waals surface area contributed by atoms with Crippen molar-refractivity contribution in [2.45, 2.75) is 12.5 Å². The molecule has 1 saturated heterocycles. The maximum Gasteiger partial charge on any atom is 0.200 e. The Balaban J connectivity index is 1.50. The van der Waals surface area contributed by atoms with Crippen LogP contribution in [0.2, 0.25) is 0 Å². The van der Waals surface area contributed by atoms with Crippen LogP contribution < -0.4 is 20.8 Å². The third kappa shape index (κ3) is 3.97.